The van der Waals surface area contributed by atoms with Crippen LogP contribution in [0.25, 0.3) is 0 Å². The summed E-state index contributed by atoms with van der Waals surface area (Å²) in [6, 6.07) is 0. The van der Waals surface area contributed by atoms with Gasteiger partial charge < -0.3 is 25.8 Å². The Bertz CT molecular complexity index is 195. The van der Waals surface area contributed by atoms with E-state index in [1.165, 1.54) is 0 Å². The molecule has 0 radical (unpaired) electrons. The Morgan fingerprint density at radius 1 is 1.53 bits per heavy atom. The van der Waals surface area contributed by atoms with Crippen molar-refractivity contribution < 1.29 is 24.4 Å². The maximum Gasteiger partial charge on any atom is 0.168 e. The molecule has 15 heavy (non-hydrogen) atoms. The van der Waals surface area contributed by atoms with Crippen LogP contribution in [0.2, 0.25) is 0 Å². The van der Waals surface area contributed by atoms with Gasteiger partial charge in [-0.15, -0.1) is 0 Å². The summed E-state index contributed by atoms with van der Waals surface area (Å²) in [6.45, 7) is -0.160. The minimum Gasteiger partial charge on any atom is -0.394 e. The Hall–Kier alpha value is -0.310. The lowest BCUT2D eigenvalue weighted by Crippen LogP contribution is -2.40. The minimum absolute atomic E-state index is 0.256. The van der Waals surface area contributed by atoms with Gasteiger partial charge in [0.15, 0.2) is 6.17 Å². The van der Waals surface area contributed by atoms with Crippen molar-refractivity contribution in [3.05, 3.63) is 0 Å². The second kappa shape index (κ2) is 5.69. The summed E-state index contributed by atoms with van der Waals surface area (Å²) in [4.78, 5) is 0. The highest BCUT2D eigenvalue weighted by Gasteiger charge is 2.43. The SMILES string of the molecule is NC(O)CCNC1O[C@H](CO)[C@@H](O)[C@@H]1F. The molecular weight excluding hydrogens is 207 g/mol. The van der Waals surface area contributed by atoms with Gasteiger partial charge in [-0.3, -0.25) is 5.32 Å². The molecule has 0 aromatic rings. The molecule has 2 unspecified atom stereocenters. The van der Waals surface area contributed by atoms with Crippen molar-refractivity contribution in [2.45, 2.75) is 37.3 Å². The van der Waals surface area contributed by atoms with E-state index in [0.717, 1.165) is 0 Å². The highest BCUT2D eigenvalue weighted by molar-refractivity contribution is 4.89. The summed E-state index contributed by atoms with van der Waals surface area (Å²) in [5.41, 5.74) is 5.08. The third kappa shape index (κ3) is 3.33. The zero-order chi connectivity index (χ0) is 11.4. The number of nitrogens with one attached hydrogen (secondary N) is 1. The molecule has 1 saturated heterocycles. The number of hydrogen-bond donors (Lipinski definition) is 5. The first-order chi connectivity index (χ1) is 7.06. The molecule has 0 amide bonds. The standard InChI is InChI=1S/C8H17FN2O4/c9-6-7(14)4(3-12)15-8(6)11-2-1-5(10)13/h4-8,11-14H,1-3,10H2/t4-,5?,6+,7-,8?/m1/s1. The number of nitrogens with two attached hydrogens (primary N) is 1. The van der Waals surface area contributed by atoms with E-state index in [2.05, 4.69) is 5.32 Å². The van der Waals surface area contributed by atoms with Crippen LogP contribution in [0.1, 0.15) is 6.42 Å². The summed E-state index contributed by atoms with van der Waals surface area (Å²) in [5.74, 6) is 0. The van der Waals surface area contributed by atoms with Crippen LogP contribution < -0.4 is 11.1 Å². The Labute approximate surface area is 86.8 Å². The smallest absolute Gasteiger partial charge is 0.168 e. The lowest BCUT2D eigenvalue weighted by molar-refractivity contribution is -0.0321. The second-order valence-electron chi connectivity index (χ2n) is 3.52. The van der Waals surface area contributed by atoms with Crippen LogP contribution in [0, 0.1) is 0 Å². The fourth-order valence-electron chi connectivity index (χ4n) is 1.41. The van der Waals surface area contributed by atoms with E-state index >= 15 is 0 Å². The largest absolute Gasteiger partial charge is 0.394 e. The summed E-state index contributed by atoms with van der Waals surface area (Å²) in [7, 11) is 0. The van der Waals surface area contributed by atoms with E-state index in [4.69, 9.17) is 20.7 Å². The van der Waals surface area contributed by atoms with Gasteiger partial charge >= 0.3 is 0 Å². The molecule has 0 aliphatic carbocycles. The molecule has 7 heteroatoms. The Morgan fingerprint density at radius 3 is 2.67 bits per heavy atom. The minimum atomic E-state index is -1.59. The van der Waals surface area contributed by atoms with Crippen molar-refractivity contribution >= 4 is 0 Å². The maximum absolute atomic E-state index is 13.3. The summed E-state index contributed by atoms with van der Waals surface area (Å²) >= 11 is 0. The van der Waals surface area contributed by atoms with Gasteiger partial charge in [-0.05, 0) is 6.42 Å². The van der Waals surface area contributed by atoms with Crippen LogP contribution in [0.5, 0.6) is 0 Å². The fourth-order valence-corrected chi connectivity index (χ4v) is 1.41. The third-order valence-corrected chi connectivity index (χ3v) is 2.28. The molecule has 1 aliphatic rings. The Balaban J connectivity index is 2.31. The molecule has 1 rings (SSSR count). The zero-order valence-corrected chi connectivity index (χ0v) is 8.21. The molecule has 5 atom stereocenters. The van der Waals surface area contributed by atoms with Crippen LogP contribution in [-0.2, 0) is 4.74 Å². The van der Waals surface area contributed by atoms with E-state index in [0.29, 0.717) is 0 Å². The van der Waals surface area contributed by atoms with Crippen molar-refractivity contribution in [1.82, 2.24) is 5.32 Å². The van der Waals surface area contributed by atoms with Crippen LogP contribution in [0.4, 0.5) is 4.39 Å². The number of ether oxygens (including phenoxy) is 1. The Kier molecular flexibility index (Phi) is 4.84. The van der Waals surface area contributed by atoms with Gasteiger partial charge in [0.25, 0.3) is 0 Å². The van der Waals surface area contributed by atoms with Crippen molar-refractivity contribution in [3.63, 3.8) is 0 Å². The number of rotatable bonds is 5. The number of aliphatic hydroxyl groups excluding tert-OH is 3. The number of hydrogen-bond acceptors (Lipinski definition) is 6. The molecule has 1 fully saturated rings. The maximum atomic E-state index is 13.3. The van der Waals surface area contributed by atoms with Crippen LogP contribution in [-0.4, -0.2) is 59.3 Å². The molecule has 1 heterocycles. The van der Waals surface area contributed by atoms with Crippen molar-refractivity contribution in [1.29, 1.82) is 0 Å². The van der Waals surface area contributed by atoms with Crippen molar-refractivity contribution in [2.24, 2.45) is 5.73 Å². The topological polar surface area (TPSA) is 108 Å². The Morgan fingerprint density at radius 2 is 2.20 bits per heavy atom. The molecule has 6 N–H and O–H groups in total. The molecule has 6 nitrogen and oxygen atoms in total. The molecule has 1 aliphatic heterocycles. The number of aliphatic hydroxyl groups is 3. The predicted molar refractivity (Wildman–Crippen MR) is 49.5 cm³/mol. The van der Waals surface area contributed by atoms with Crippen LogP contribution in [0.15, 0.2) is 0 Å². The third-order valence-electron chi connectivity index (χ3n) is 2.28. The van der Waals surface area contributed by atoms with Gasteiger partial charge in [0, 0.05) is 6.54 Å². The van der Waals surface area contributed by atoms with Gasteiger partial charge in [-0.1, -0.05) is 0 Å². The zero-order valence-electron chi connectivity index (χ0n) is 8.21. The highest BCUT2D eigenvalue weighted by atomic mass is 19.1. The molecule has 0 aromatic heterocycles. The van der Waals surface area contributed by atoms with E-state index < -0.39 is 37.4 Å². The van der Waals surface area contributed by atoms with Gasteiger partial charge in [0.05, 0.1) is 6.61 Å². The van der Waals surface area contributed by atoms with E-state index in [-0.39, 0.29) is 13.0 Å². The van der Waals surface area contributed by atoms with Crippen molar-refractivity contribution in [2.75, 3.05) is 13.2 Å². The van der Waals surface area contributed by atoms with Crippen LogP contribution >= 0.6 is 0 Å². The molecule has 0 aromatic carbocycles. The fraction of sp³-hybridized carbons (Fsp3) is 1.00. The summed E-state index contributed by atoms with van der Waals surface area (Å²) in [6.07, 6.45) is -5.48. The molecule has 0 saturated carbocycles. The van der Waals surface area contributed by atoms with Crippen molar-refractivity contribution in [3.8, 4) is 0 Å². The van der Waals surface area contributed by atoms with E-state index in [1.54, 1.807) is 0 Å². The molecular formula is C8H17FN2O4. The lowest BCUT2D eigenvalue weighted by atomic mass is 10.1. The first-order valence-corrected chi connectivity index (χ1v) is 4.81. The van der Waals surface area contributed by atoms with Gasteiger partial charge in [-0.25, -0.2) is 4.39 Å². The summed E-state index contributed by atoms with van der Waals surface area (Å²) in [5, 5.41) is 29.4. The van der Waals surface area contributed by atoms with Gasteiger partial charge in [0.1, 0.15) is 24.7 Å². The van der Waals surface area contributed by atoms with Gasteiger partial charge in [0.2, 0.25) is 0 Å². The lowest BCUT2D eigenvalue weighted by Gasteiger charge is -2.15. The second-order valence-corrected chi connectivity index (χ2v) is 3.52. The highest BCUT2D eigenvalue weighted by Crippen LogP contribution is 2.21. The van der Waals surface area contributed by atoms with E-state index in [1.807, 2.05) is 0 Å². The first kappa shape index (κ1) is 12.8. The molecule has 0 bridgehead atoms. The quantitative estimate of drug-likeness (QED) is 0.335. The van der Waals surface area contributed by atoms with Crippen LogP contribution in [0.3, 0.4) is 0 Å². The predicted octanol–water partition coefficient (Wildman–Crippen LogP) is -2.34. The number of alkyl halides is 1. The number of halogens is 1. The molecule has 0 spiro atoms. The first-order valence-electron chi connectivity index (χ1n) is 4.81. The summed E-state index contributed by atoms with van der Waals surface area (Å²) < 4.78 is 18.3. The normalized spacial score (nSPS) is 38.2. The monoisotopic (exact) mass is 224 g/mol. The molecule has 90 valence electrons. The van der Waals surface area contributed by atoms with Gasteiger partial charge in [-0.2, -0.15) is 0 Å². The average Bonchev–Trinajstić information content (AvgIpc) is 2.45. The van der Waals surface area contributed by atoms with E-state index in [9.17, 15) is 9.50 Å². The average molecular weight is 224 g/mol.